The SMILES string of the molecule is CCCCCCCCCCCCCCCCN(CCCCCCCCCC)C(C)C. The van der Waals surface area contributed by atoms with Gasteiger partial charge in [0.05, 0.1) is 0 Å². The van der Waals surface area contributed by atoms with Crippen LogP contribution in [0.25, 0.3) is 0 Å². The number of nitrogens with zero attached hydrogens (tertiary/aromatic N) is 1. The Morgan fingerprint density at radius 1 is 0.367 bits per heavy atom. The molecule has 0 spiro atoms. The first-order chi connectivity index (χ1) is 14.7. The van der Waals surface area contributed by atoms with Crippen LogP contribution < -0.4 is 0 Å². The van der Waals surface area contributed by atoms with E-state index in [0.717, 1.165) is 6.04 Å². The Bertz CT molecular complexity index is 299. The third-order valence-electron chi connectivity index (χ3n) is 6.83. The quantitative estimate of drug-likeness (QED) is 0.132. The molecule has 0 aliphatic rings. The normalized spacial score (nSPS) is 11.8. The van der Waals surface area contributed by atoms with Crippen molar-refractivity contribution in [2.24, 2.45) is 0 Å². The van der Waals surface area contributed by atoms with Crippen molar-refractivity contribution in [1.29, 1.82) is 0 Å². The summed E-state index contributed by atoms with van der Waals surface area (Å²) < 4.78 is 0. The van der Waals surface area contributed by atoms with Crippen LogP contribution in [0.3, 0.4) is 0 Å². The lowest BCUT2D eigenvalue weighted by Crippen LogP contribution is -2.32. The number of unbranched alkanes of at least 4 members (excludes halogenated alkanes) is 20. The Morgan fingerprint density at radius 3 is 0.833 bits per heavy atom. The van der Waals surface area contributed by atoms with Gasteiger partial charge in [-0.15, -0.1) is 0 Å². The highest BCUT2D eigenvalue weighted by atomic mass is 15.1. The van der Waals surface area contributed by atoms with Crippen LogP contribution in [0.4, 0.5) is 0 Å². The van der Waals surface area contributed by atoms with Gasteiger partial charge in [0.25, 0.3) is 0 Å². The van der Waals surface area contributed by atoms with Gasteiger partial charge in [-0.1, -0.05) is 142 Å². The Kier molecular flexibility index (Phi) is 25.2. The van der Waals surface area contributed by atoms with Crippen molar-refractivity contribution in [2.45, 2.75) is 175 Å². The lowest BCUT2D eigenvalue weighted by atomic mass is 10.0. The van der Waals surface area contributed by atoms with Gasteiger partial charge in [0.15, 0.2) is 0 Å². The highest BCUT2D eigenvalue weighted by Gasteiger charge is 2.08. The van der Waals surface area contributed by atoms with Crippen LogP contribution in [-0.4, -0.2) is 24.0 Å². The van der Waals surface area contributed by atoms with E-state index in [-0.39, 0.29) is 0 Å². The fraction of sp³-hybridized carbons (Fsp3) is 1.00. The largest absolute Gasteiger partial charge is 0.301 e. The van der Waals surface area contributed by atoms with Crippen LogP contribution in [-0.2, 0) is 0 Å². The summed E-state index contributed by atoms with van der Waals surface area (Å²) in [5.74, 6) is 0. The molecule has 0 aliphatic heterocycles. The van der Waals surface area contributed by atoms with Gasteiger partial charge < -0.3 is 4.90 Å². The first-order valence-corrected chi connectivity index (χ1v) is 14.5. The van der Waals surface area contributed by atoms with E-state index in [1.807, 2.05) is 0 Å². The predicted molar refractivity (Wildman–Crippen MR) is 140 cm³/mol. The van der Waals surface area contributed by atoms with E-state index < -0.39 is 0 Å². The zero-order valence-electron chi connectivity index (χ0n) is 22.0. The molecule has 0 amide bonds. The molecule has 0 fully saturated rings. The Morgan fingerprint density at radius 2 is 0.600 bits per heavy atom. The molecule has 0 radical (unpaired) electrons. The van der Waals surface area contributed by atoms with Crippen LogP contribution in [0.1, 0.15) is 169 Å². The van der Waals surface area contributed by atoms with Gasteiger partial charge in [0, 0.05) is 6.04 Å². The van der Waals surface area contributed by atoms with E-state index in [9.17, 15) is 0 Å². The van der Waals surface area contributed by atoms with Gasteiger partial charge in [-0.3, -0.25) is 0 Å². The van der Waals surface area contributed by atoms with E-state index in [0.29, 0.717) is 0 Å². The molecule has 1 heteroatoms. The minimum atomic E-state index is 0.719. The number of hydrogen-bond acceptors (Lipinski definition) is 1. The average Bonchev–Trinajstić information content (AvgIpc) is 2.74. The van der Waals surface area contributed by atoms with Crippen molar-refractivity contribution in [3.63, 3.8) is 0 Å². The molecule has 0 heterocycles. The highest BCUT2D eigenvalue weighted by Crippen LogP contribution is 2.14. The molecule has 0 unspecified atom stereocenters. The van der Waals surface area contributed by atoms with Crippen molar-refractivity contribution in [3.05, 3.63) is 0 Å². The van der Waals surface area contributed by atoms with Crippen LogP contribution in [0.5, 0.6) is 0 Å². The van der Waals surface area contributed by atoms with Crippen molar-refractivity contribution in [3.8, 4) is 0 Å². The molecule has 0 aliphatic carbocycles. The van der Waals surface area contributed by atoms with Gasteiger partial charge in [0.2, 0.25) is 0 Å². The van der Waals surface area contributed by atoms with E-state index in [1.54, 1.807) is 0 Å². The fourth-order valence-electron chi connectivity index (χ4n) is 4.59. The lowest BCUT2D eigenvalue weighted by molar-refractivity contribution is 0.211. The maximum Gasteiger partial charge on any atom is 0.00385 e. The van der Waals surface area contributed by atoms with Crippen molar-refractivity contribution < 1.29 is 0 Å². The van der Waals surface area contributed by atoms with Crippen LogP contribution in [0.15, 0.2) is 0 Å². The van der Waals surface area contributed by atoms with Crippen LogP contribution in [0, 0.1) is 0 Å². The third kappa shape index (κ3) is 22.6. The minimum Gasteiger partial charge on any atom is -0.301 e. The monoisotopic (exact) mass is 423 g/mol. The third-order valence-corrected chi connectivity index (χ3v) is 6.83. The molecule has 0 aromatic heterocycles. The van der Waals surface area contributed by atoms with E-state index >= 15 is 0 Å². The fourth-order valence-corrected chi connectivity index (χ4v) is 4.59. The smallest absolute Gasteiger partial charge is 0.00385 e. The molecular formula is C29H61N. The Labute approximate surface area is 193 Å². The van der Waals surface area contributed by atoms with Crippen molar-refractivity contribution >= 4 is 0 Å². The predicted octanol–water partition coefficient (Wildman–Crippen LogP) is 10.3. The summed E-state index contributed by atoms with van der Waals surface area (Å²) in [7, 11) is 0. The molecule has 0 saturated carbocycles. The Balaban J connectivity index is 3.39. The highest BCUT2D eigenvalue weighted by molar-refractivity contribution is 4.63. The molecule has 0 rings (SSSR count). The lowest BCUT2D eigenvalue weighted by Gasteiger charge is -2.26. The zero-order chi connectivity index (χ0) is 22.1. The topological polar surface area (TPSA) is 3.24 Å². The molecule has 30 heavy (non-hydrogen) atoms. The van der Waals surface area contributed by atoms with Gasteiger partial charge in [-0.25, -0.2) is 0 Å². The maximum absolute atomic E-state index is 2.73. The molecule has 0 bridgehead atoms. The second kappa shape index (κ2) is 25.2. The molecule has 182 valence electrons. The second-order valence-electron chi connectivity index (χ2n) is 10.2. The van der Waals surface area contributed by atoms with E-state index in [2.05, 4.69) is 32.6 Å². The number of rotatable bonds is 25. The van der Waals surface area contributed by atoms with Gasteiger partial charge in [0.1, 0.15) is 0 Å². The molecule has 0 saturated heterocycles. The van der Waals surface area contributed by atoms with E-state index in [1.165, 1.54) is 154 Å². The van der Waals surface area contributed by atoms with Crippen LogP contribution in [0.2, 0.25) is 0 Å². The molecule has 0 aromatic carbocycles. The molecular weight excluding hydrogens is 362 g/mol. The molecule has 0 atom stereocenters. The standard InChI is InChI=1S/C29H61N/c1-5-7-9-11-13-15-16-17-18-19-20-22-24-26-28-30(29(3)4)27-25-23-21-14-12-10-8-6-2/h29H,5-28H2,1-4H3. The summed E-state index contributed by atoms with van der Waals surface area (Å²) in [5, 5.41) is 0. The molecule has 0 aromatic rings. The van der Waals surface area contributed by atoms with Crippen LogP contribution >= 0.6 is 0 Å². The van der Waals surface area contributed by atoms with E-state index in [4.69, 9.17) is 0 Å². The first kappa shape index (κ1) is 30.0. The molecule has 1 nitrogen and oxygen atoms in total. The summed E-state index contributed by atoms with van der Waals surface area (Å²) in [6.07, 6.45) is 31.9. The average molecular weight is 424 g/mol. The maximum atomic E-state index is 2.73. The summed E-state index contributed by atoms with van der Waals surface area (Å²) in [6.45, 7) is 12.0. The zero-order valence-corrected chi connectivity index (χ0v) is 22.0. The van der Waals surface area contributed by atoms with Gasteiger partial charge >= 0.3 is 0 Å². The van der Waals surface area contributed by atoms with Gasteiger partial charge in [-0.05, 0) is 39.8 Å². The number of hydrogen-bond donors (Lipinski definition) is 0. The Hall–Kier alpha value is -0.0400. The summed E-state index contributed by atoms with van der Waals surface area (Å²) >= 11 is 0. The summed E-state index contributed by atoms with van der Waals surface area (Å²) in [6, 6.07) is 0.719. The molecule has 0 N–H and O–H groups in total. The summed E-state index contributed by atoms with van der Waals surface area (Å²) in [5.41, 5.74) is 0. The first-order valence-electron chi connectivity index (χ1n) is 14.5. The van der Waals surface area contributed by atoms with Crippen molar-refractivity contribution in [2.75, 3.05) is 13.1 Å². The summed E-state index contributed by atoms with van der Waals surface area (Å²) in [4.78, 5) is 2.73. The second-order valence-corrected chi connectivity index (χ2v) is 10.2. The minimum absolute atomic E-state index is 0.719. The van der Waals surface area contributed by atoms with Gasteiger partial charge in [-0.2, -0.15) is 0 Å². The van der Waals surface area contributed by atoms with Crippen molar-refractivity contribution in [1.82, 2.24) is 4.90 Å².